The molecule has 2 aromatic carbocycles. The molecule has 1 atom stereocenters. The van der Waals surface area contributed by atoms with Crippen LogP contribution >= 0.6 is 23.4 Å². The molecule has 1 aliphatic carbocycles. The number of benzene rings is 2. The molecule has 0 unspecified atom stereocenters. The molecule has 1 aliphatic rings. The second-order valence-electron chi connectivity index (χ2n) is 7.76. The summed E-state index contributed by atoms with van der Waals surface area (Å²) in [6.45, 7) is 2.25. The third-order valence-corrected chi connectivity index (χ3v) is 6.84. The monoisotopic (exact) mass is 444 g/mol. The lowest BCUT2D eigenvalue weighted by atomic mass is 10.1. The lowest BCUT2D eigenvalue weighted by Crippen LogP contribution is -2.50. The maximum absolute atomic E-state index is 13.1. The zero-order valence-electron chi connectivity index (χ0n) is 17.4. The van der Waals surface area contributed by atoms with E-state index in [2.05, 4.69) is 5.32 Å². The van der Waals surface area contributed by atoms with E-state index in [0.717, 1.165) is 36.8 Å². The van der Waals surface area contributed by atoms with E-state index in [-0.39, 0.29) is 17.9 Å². The van der Waals surface area contributed by atoms with Crippen molar-refractivity contribution in [3.63, 3.8) is 0 Å². The molecule has 0 aromatic heterocycles. The second kappa shape index (κ2) is 11.4. The molecule has 0 bridgehead atoms. The van der Waals surface area contributed by atoms with E-state index >= 15 is 0 Å². The Bertz CT molecular complexity index is 840. The fourth-order valence-corrected chi connectivity index (χ4v) is 4.90. The number of rotatable bonds is 9. The molecule has 0 spiro atoms. The van der Waals surface area contributed by atoms with E-state index in [9.17, 15) is 9.59 Å². The summed E-state index contributed by atoms with van der Waals surface area (Å²) in [7, 11) is 0. The van der Waals surface area contributed by atoms with Crippen molar-refractivity contribution in [1.82, 2.24) is 10.2 Å². The predicted octanol–water partition coefficient (Wildman–Crippen LogP) is 5.05. The highest BCUT2D eigenvalue weighted by Gasteiger charge is 2.28. The summed E-state index contributed by atoms with van der Waals surface area (Å²) in [5.74, 6) is 0.860. The standard InChI is InChI=1S/C24H29ClN2O2S/c1-18(24(29)26-21-12-6-7-13-21)27(15-19-9-3-2-4-10-19)23(28)17-30-16-20-11-5-8-14-22(20)25/h2-5,8-11,14,18,21H,6-7,12-13,15-17H2,1H3,(H,26,29)/t18-/m0/s1. The summed E-state index contributed by atoms with van der Waals surface area (Å²) in [6.07, 6.45) is 4.37. The Morgan fingerprint density at radius 2 is 1.77 bits per heavy atom. The van der Waals surface area contributed by atoms with Gasteiger partial charge in [-0.3, -0.25) is 9.59 Å². The Balaban J connectivity index is 1.63. The maximum atomic E-state index is 13.1. The first-order valence-corrected chi connectivity index (χ1v) is 12.0. The van der Waals surface area contributed by atoms with Crippen LogP contribution in [-0.2, 0) is 21.9 Å². The van der Waals surface area contributed by atoms with Gasteiger partial charge in [-0.05, 0) is 37.0 Å². The van der Waals surface area contributed by atoms with E-state index in [1.807, 2.05) is 61.5 Å². The number of carbonyl (C=O) groups is 2. The minimum atomic E-state index is -0.515. The van der Waals surface area contributed by atoms with Crippen LogP contribution in [-0.4, -0.2) is 34.6 Å². The highest BCUT2D eigenvalue weighted by atomic mass is 35.5. The topological polar surface area (TPSA) is 49.4 Å². The molecule has 4 nitrogen and oxygen atoms in total. The first-order chi connectivity index (χ1) is 14.5. The van der Waals surface area contributed by atoms with Crippen LogP contribution in [0.25, 0.3) is 0 Å². The van der Waals surface area contributed by atoms with Crippen LogP contribution in [0.3, 0.4) is 0 Å². The van der Waals surface area contributed by atoms with Gasteiger partial charge in [0.05, 0.1) is 5.75 Å². The molecular weight excluding hydrogens is 416 g/mol. The number of hydrogen-bond donors (Lipinski definition) is 1. The summed E-state index contributed by atoms with van der Waals surface area (Å²) < 4.78 is 0. The average Bonchev–Trinajstić information content (AvgIpc) is 3.26. The Hall–Kier alpha value is -1.98. The first kappa shape index (κ1) is 22.7. The van der Waals surface area contributed by atoms with Crippen molar-refractivity contribution < 1.29 is 9.59 Å². The van der Waals surface area contributed by atoms with Gasteiger partial charge < -0.3 is 10.2 Å². The minimum absolute atomic E-state index is 0.0371. The number of nitrogens with zero attached hydrogens (tertiary/aromatic N) is 1. The van der Waals surface area contributed by atoms with Crippen molar-refractivity contribution in [2.45, 2.75) is 57.0 Å². The van der Waals surface area contributed by atoms with Gasteiger partial charge >= 0.3 is 0 Å². The van der Waals surface area contributed by atoms with Gasteiger partial charge in [0.15, 0.2) is 0 Å². The van der Waals surface area contributed by atoms with Crippen LogP contribution in [0, 0.1) is 0 Å². The summed E-state index contributed by atoms with van der Waals surface area (Å²) in [6, 6.07) is 17.2. The highest BCUT2D eigenvalue weighted by Crippen LogP contribution is 2.22. The largest absolute Gasteiger partial charge is 0.352 e. The van der Waals surface area contributed by atoms with Gasteiger partial charge in [0.25, 0.3) is 0 Å². The summed E-state index contributed by atoms with van der Waals surface area (Å²) in [5.41, 5.74) is 2.03. The van der Waals surface area contributed by atoms with E-state index < -0.39 is 6.04 Å². The van der Waals surface area contributed by atoms with Crippen molar-refractivity contribution in [2.75, 3.05) is 5.75 Å². The van der Waals surface area contributed by atoms with Crippen LogP contribution in [0.1, 0.15) is 43.7 Å². The molecule has 0 saturated heterocycles. The molecule has 0 heterocycles. The Morgan fingerprint density at radius 3 is 2.47 bits per heavy atom. The van der Waals surface area contributed by atoms with Crippen molar-refractivity contribution in [2.24, 2.45) is 0 Å². The Kier molecular flexibility index (Phi) is 8.64. The van der Waals surface area contributed by atoms with Gasteiger partial charge in [-0.1, -0.05) is 73.0 Å². The smallest absolute Gasteiger partial charge is 0.242 e. The number of halogens is 1. The number of thioether (sulfide) groups is 1. The van der Waals surface area contributed by atoms with Crippen LogP contribution < -0.4 is 5.32 Å². The van der Waals surface area contributed by atoms with E-state index in [4.69, 9.17) is 11.6 Å². The average molecular weight is 445 g/mol. The van der Waals surface area contributed by atoms with Crippen molar-refractivity contribution >= 4 is 35.2 Å². The number of amides is 2. The van der Waals surface area contributed by atoms with Crippen molar-refractivity contribution in [1.29, 1.82) is 0 Å². The summed E-state index contributed by atoms with van der Waals surface area (Å²) >= 11 is 7.74. The fraction of sp³-hybridized carbons (Fsp3) is 0.417. The molecule has 0 aliphatic heterocycles. The molecular formula is C24H29ClN2O2S. The SMILES string of the molecule is C[C@@H](C(=O)NC1CCCC1)N(Cc1ccccc1)C(=O)CSCc1ccccc1Cl. The Labute approximate surface area is 188 Å². The molecule has 6 heteroatoms. The van der Waals surface area contributed by atoms with Crippen LogP contribution in [0.15, 0.2) is 54.6 Å². The van der Waals surface area contributed by atoms with Crippen molar-refractivity contribution in [3.05, 3.63) is 70.7 Å². The van der Waals surface area contributed by atoms with Gasteiger partial charge in [-0.15, -0.1) is 11.8 Å². The predicted molar refractivity (Wildman–Crippen MR) is 124 cm³/mol. The third kappa shape index (κ3) is 6.51. The van der Waals surface area contributed by atoms with Crippen LogP contribution in [0.5, 0.6) is 0 Å². The Morgan fingerprint density at radius 1 is 1.10 bits per heavy atom. The lowest BCUT2D eigenvalue weighted by molar-refractivity contribution is -0.138. The van der Waals surface area contributed by atoms with Gasteiger partial charge in [0, 0.05) is 23.4 Å². The zero-order chi connectivity index (χ0) is 21.3. The quantitative estimate of drug-likeness (QED) is 0.588. The number of carbonyl (C=O) groups excluding carboxylic acids is 2. The normalized spacial score (nSPS) is 15.0. The molecule has 1 saturated carbocycles. The lowest BCUT2D eigenvalue weighted by Gasteiger charge is -2.29. The molecule has 1 N–H and O–H groups in total. The molecule has 1 fully saturated rings. The van der Waals surface area contributed by atoms with E-state index in [1.54, 1.807) is 4.90 Å². The summed E-state index contributed by atoms with van der Waals surface area (Å²) in [4.78, 5) is 27.6. The second-order valence-corrected chi connectivity index (χ2v) is 9.15. The highest BCUT2D eigenvalue weighted by molar-refractivity contribution is 7.99. The molecule has 0 radical (unpaired) electrons. The minimum Gasteiger partial charge on any atom is -0.352 e. The van der Waals surface area contributed by atoms with E-state index in [1.165, 1.54) is 11.8 Å². The van der Waals surface area contributed by atoms with Gasteiger partial charge in [0.1, 0.15) is 6.04 Å². The number of hydrogen-bond acceptors (Lipinski definition) is 3. The number of nitrogens with one attached hydrogen (secondary N) is 1. The van der Waals surface area contributed by atoms with Crippen molar-refractivity contribution in [3.8, 4) is 0 Å². The molecule has 30 heavy (non-hydrogen) atoms. The van der Waals surface area contributed by atoms with Crippen LogP contribution in [0.4, 0.5) is 0 Å². The zero-order valence-corrected chi connectivity index (χ0v) is 18.9. The molecule has 2 amide bonds. The molecule has 2 aromatic rings. The summed E-state index contributed by atoms with van der Waals surface area (Å²) in [5, 5.41) is 3.84. The molecule has 3 rings (SSSR count). The van der Waals surface area contributed by atoms with E-state index in [0.29, 0.717) is 23.1 Å². The van der Waals surface area contributed by atoms with Crippen LogP contribution in [0.2, 0.25) is 5.02 Å². The van der Waals surface area contributed by atoms with Gasteiger partial charge in [0.2, 0.25) is 11.8 Å². The van der Waals surface area contributed by atoms with Gasteiger partial charge in [-0.2, -0.15) is 0 Å². The fourth-order valence-electron chi connectivity index (χ4n) is 3.70. The van der Waals surface area contributed by atoms with Gasteiger partial charge in [-0.25, -0.2) is 0 Å². The maximum Gasteiger partial charge on any atom is 0.242 e. The first-order valence-electron chi connectivity index (χ1n) is 10.5. The third-order valence-electron chi connectivity index (χ3n) is 5.51. The molecule has 160 valence electrons.